The molecule has 1 unspecified atom stereocenters. The van der Waals surface area contributed by atoms with Gasteiger partial charge in [0.05, 0.1) is 0 Å². The molecule has 2 aromatic rings. The van der Waals surface area contributed by atoms with Gasteiger partial charge in [-0.25, -0.2) is 4.79 Å². The monoisotopic (exact) mass is 292 g/mol. The molecule has 1 atom stereocenters. The summed E-state index contributed by atoms with van der Waals surface area (Å²) in [5.41, 5.74) is 1.67. The first kappa shape index (κ1) is 14.9. The van der Waals surface area contributed by atoms with Crippen molar-refractivity contribution in [3.63, 3.8) is 0 Å². The number of nitrogens with one attached hydrogen (secondary N) is 2. The summed E-state index contributed by atoms with van der Waals surface area (Å²) >= 11 is 0. The number of hydrogen-bond donors (Lipinski definition) is 4. The van der Waals surface area contributed by atoms with Crippen LogP contribution in [0.4, 0.5) is 0 Å². The fourth-order valence-electron chi connectivity index (χ4n) is 2.09. The minimum absolute atomic E-state index is 0.314. The second-order valence-electron chi connectivity index (χ2n) is 4.59. The molecule has 21 heavy (non-hydrogen) atoms. The van der Waals surface area contributed by atoms with Crippen LogP contribution in [0.5, 0.6) is 5.75 Å². The minimum atomic E-state index is -1.05. The van der Waals surface area contributed by atoms with Crippen LogP contribution in [0.3, 0.4) is 0 Å². The van der Waals surface area contributed by atoms with Gasteiger partial charge < -0.3 is 25.3 Å². The fraction of sp³-hybridized carbons (Fsp3) is 0.286. The molecule has 1 aromatic heterocycles. The molecule has 0 aliphatic heterocycles. The van der Waals surface area contributed by atoms with Crippen molar-refractivity contribution >= 4 is 22.8 Å². The molecule has 1 heterocycles. The highest BCUT2D eigenvalue weighted by Crippen LogP contribution is 2.24. The number of rotatable bonds is 7. The lowest BCUT2D eigenvalue weighted by atomic mass is 10.1. The summed E-state index contributed by atoms with van der Waals surface area (Å²) in [5, 5.41) is 21.2. The van der Waals surface area contributed by atoms with E-state index in [2.05, 4.69) is 10.3 Å². The Morgan fingerprint density at radius 2 is 2.14 bits per heavy atom. The molecule has 0 bridgehead atoms. The maximum Gasteiger partial charge on any atom is 0.341 e. The van der Waals surface area contributed by atoms with Crippen LogP contribution in [0.2, 0.25) is 0 Å². The van der Waals surface area contributed by atoms with E-state index in [9.17, 15) is 9.59 Å². The maximum atomic E-state index is 11.1. The Bertz CT molecular complexity index is 664. The molecule has 0 aliphatic rings. The van der Waals surface area contributed by atoms with E-state index in [-0.39, 0.29) is 0 Å². The van der Waals surface area contributed by atoms with Gasteiger partial charge in [-0.3, -0.25) is 4.79 Å². The largest absolute Gasteiger partial charge is 0.482 e. The van der Waals surface area contributed by atoms with Crippen molar-refractivity contribution in [2.75, 3.05) is 13.7 Å². The number of aromatic nitrogens is 1. The summed E-state index contributed by atoms with van der Waals surface area (Å²) in [4.78, 5) is 24.6. The lowest BCUT2D eigenvalue weighted by Gasteiger charge is -2.10. The van der Waals surface area contributed by atoms with E-state index >= 15 is 0 Å². The Labute approximate surface area is 120 Å². The average Bonchev–Trinajstić information content (AvgIpc) is 2.84. The van der Waals surface area contributed by atoms with E-state index in [1.54, 1.807) is 31.4 Å². The smallest absolute Gasteiger partial charge is 0.341 e. The number of fused-ring (bicyclic) bond motifs is 1. The first-order chi connectivity index (χ1) is 10.0. The summed E-state index contributed by atoms with van der Waals surface area (Å²) < 4.78 is 5.13. The predicted octanol–water partition coefficient (Wildman–Crippen LogP) is 0.846. The first-order valence-corrected chi connectivity index (χ1v) is 6.36. The number of likely N-dealkylation sites (N-methyl/N-ethyl adjacent to an activating group) is 1. The SMILES string of the molecule is CNC(Cc1c[nH]c2ccc(OCC(=O)O)cc12)C(=O)O. The lowest BCUT2D eigenvalue weighted by Crippen LogP contribution is -2.35. The molecular weight excluding hydrogens is 276 g/mol. The van der Waals surface area contributed by atoms with Crippen LogP contribution in [0.25, 0.3) is 10.9 Å². The summed E-state index contributed by atoms with van der Waals surface area (Å²) in [6.45, 7) is -0.417. The van der Waals surface area contributed by atoms with Crippen LogP contribution in [0, 0.1) is 0 Å². The molecule has 2 rings (SSSR count). The molecule has 0 saturated heterocycles. The Morgan fingerprint density at radius 1 is 1.38 bits per heavy atom. The van der Waals surface area contributed by atoms with Gasteiger partial charge >= 0.3 is 11.9 Å². The molecular formula is C14H16N2O5. The normalized spacial score (nSPS) is 12.2. The maximum absolute atomic E-state index is 11.1. The van der Waals surface area contributed by atoms with Gasteiger partial charge in [0.1, 0.15) is 11.8 Å². The molecule has 0 saturated carbocycles. The van der Waals surface area contributed by atoms with Gasteiger partial charge in [0.2, 0.25) is 0 Å². The van der Waals surface area contributed by atoms with Crippen molar-refractivity contribution in [3.8, 4) is 5.75 Å². The van der Waals surface area contributed by atoms with E-state index < -0.39 is 24.6 Å². The average molecular weight is 292 g/mol. The van der Waals surface area contributed by atoms with Crippen molar-refractivity contribution in [1.29, 1.82) is 0 Å². The van der Waals surface area contributed by atoms with Crippen molar-refractivity contribution in [2.24, 2.45) is 0 Å². The van der Waals surface area contributed by atoms with Crippen LogP contribution < -0.4 is 10.1 Å². The minimum Gasteiger partial charge on any atom is -0.482 e. The number of aliphatic carboxylic acids is 2. The summed E-state index contributed by atoms with van der Waals surface area (Å²) in [7, 11) is 1.59. The lowest BCUT2D eigenvalue weighted by molar-refractivity contribution is -0.140. The standard InChI is InChI=1S/C14H16N2O5/c1-15-12(14(19)20)4-8-6-16-11-3-2-9(5-10(8)11)21-7-13(17)18/h2-3,5-6,12,15-16H,4,7H2,1H3,(H,17,18)(H,19,20). The van der Waals surface area contributed by atoms with Gasteiger partial charge in [0.25, 0.3) is 0 Å². The van der Waals surface area contributed by atoms with Gasteiger partial charge in [-0.2, -0.15) is 0 Å². The molecule has 0 spiro atoms. The van der Waals surface area contributed by atoms with E-state index in [1.165, 1.54) is 0 Å². The number of hydrogen-bond acceptors (Lipinski definition) is 4. The molecule has 1 aromatic carbocycles. The Kier molecular flexibility index (Phi) is 4.44. The van der Waals surface area contributed by atoms with Gasteiger partial charge in [-0.1, -0.05) is 0 Å². The van der Waals surface area contributed by atoms with Gasteiger partial charge in [-0.05, 0) is 30.8 Å². The highest BCUT2D eigenvalue weighted by molar-refractivity contribution is 5.85. The van der Waals surface area contributed by atoms with Crippen molar-refractivity contribution in [3.05, 3.63) is 30.0 Å². The summed E-state index contributed by atoms with van der Waals surface area (Å²) in [6, 6.07) is 4.45. The van der Waals surface area contributed by atoms with Crippen molar-refractivity contribution in [1.82, 2.24) is 10.3 Å². The van der Waals surface area contributed by atoms with Gasteiger partial charge in [0, 0.05) is 23.5 Å². The number of carboxylic acids is 2. The molecule has 0 radical (unpaired) electrons. The third kappa shape index (κ3) is 3.51. The molecule has 0 amide bonds. The third-order valence-corrected chi connectivity index (χ3v) is 3.17. The molecule has 7 heteroatoms. The quantitative estimate of drug-likeness (QED) is 0.602. The third-order valence-electron chi connectivity index (χ3n) is 3.17. The van der Waals surface area contributed by atoms with Gasteiger partial charge in [-0.15, -0.1) is 0 Å². The van der Waals surface area contributed by atoms with E-state index in [1.807, 2.05) is 0 Å². The number of ether oxygens (including phenoxy) is 1. The van der Waals surface area contributed by atoms with E-state index in [4.69, 9.17) is 14.9 Å². The molecule has 0 aliphatic carbocycles. The highest BCUT2D eigenvalue weighted by atomic mass is 16.5. The van der Waals surface area contributed by atoms with Crippen LogP contribution in [0.1, 0.15) is 5.56 Å². The zero-order valence-electron chi connectivity index (χ0n) is 11.4. The topological polar surface area (TPSA) is 112 Å². The Balaban J connectivity index is 2.26. The van der Waals surface area contributed by atoms with Crippen LogP contribution in [-0.4, -0.2) is 46.8 Å². The number of benzene rings is 1. The molecule has 0 fully saturated rings. The summed E-state index contributed by atoms with van der Waals surface area (Å²) in [6.07, 6.45) is 2.06. The van der Waals surface area contributed by atoms with Gasteiger partial charge in [0.15, 0.2) is 6.61 Å². The van der Waals surface area contributed by atoms with E-state index in [0.29, 0.717) is 12.2 Å². The fourth-order valence-corrected chi connectivity index (χ4v) is 2.09. The zero-order chi connectivity index (χ0) is 15.4. The van der Waals surface area contributed by atoms with Crippen LogP contribution >= 0.6 is 0 Å². The van der Waals surface area contributed by atoms with Crippen molar-refractivity contribution < 1.29 is 24.5 Å². The second-order valence-corrected chi connectivity index (χ2v) is 4.59. The zero-order valence-corrected chi connectivity index (χ0v) is 11.4. The number of H-pyrrole nitrogens is 1. The molecule has 7 nitrogen and oxygen atoms in total. The van der Waals surface area contributed by atoms with Crippen molar-refractivity contribution in [2.45, 2.75) is 12.5 Å². The second kappa shape index (κ2) is 6.27. The predicted molar refractivity (Wildman–Crippen MR) is 75.6 cm³/mol. The Morgan fingerprint density at radius 3 is 2.76 bits per heavy atom. The first-order valence-electron chi connectivity index (χ1n) is 6.36. The number of carbonyl (C=O) groups is 2. The van der Waals surface area contributed by atoms with Crippen LogP contribution in [-0.2, 0) is 16.0 Å². The number of aromatic amines is 1. The molecule has 4 N–H and O–H groups in total. The van der Waals surface area contributed by atoms with Crippen LogP contribution in [0.15, 0.2) is 24.4 Å². The summed E-state index contributed by atoms with van der Waals surface area (Å²) in [5.74, 6) is -1.54. The highest BCUT2D eigenvalue weighted by Gasteiger charge is 2.17. The van der Waals surface area contributed by atoms with E-state index in [0.717, 1.165) is 16.5 Å². The number of carboxylic acid groups (broad SMARTS) is 2. The Hall–Kier alpha value is -2.54. The molecule has 112 valence electrons.